The highest BCUT2D eigenvalue weighted by Gasteiger charge is 2.12. The fourth-order valence-corrected chi connectivity index (χ4v) is 2.97. The lowest BCUT2D eigenvalue weighted by Crippen LogP contribution is -2.27. The molecule has 0 bridgehead atoms. The Labute approximate surface area is 164 Å². The second kappa shape index (κ2) is 8.61. The highest BCUT2D eigenvalue weighted by molar-refractivity contribution is 5.92. The third-order valence-corrected chi connectivity index (χ3v) is 4.44. The molecule has 6 heteroatoms. The van der Waals surface area contributed by atoms with Gasteiger partial charge in [-0.05, 0) is 56.0 Å². The number of benzene rings is 2. The van der Waals surface area contributed by atoms with Crippen molar-refractivity contribution in [2.24, 2.45) is 0 Å². The Hall–Kier alpha value is -3.28. The molecule has 0 radical (unpaired) electrons. The van der Waals surface area contributed by atoms with E-state index in [1.807, 2.05) is 39.0 Å². The zero-order chi connectivity index (χ0) is 20.1. The number of nitrogens with zero attached hydrogens (tertiary/aromatic N) is 2. The number of nitrogens with one attached hydrogen (secondary N) is 2. The van der Waals surface area contributed by atoms with Crippen molar-refractivity contribution in [2.45, 2.75) is 27.2 Å². The molecule has 1 aromatic heterocycles. The lowest BCUT2D eigenvalue weighted by atomic mass is 10.1. The van der Waals surface area contributed by atoms with Gasteiger partial charge in [0.25, 0.3) is 5.91 Å². The van der Waals surface area contributed by atoms with E-state index in [1.54, 1.807) is 24.3 Å². The van der Waals surface area contributed by atoms with E-state index in [0.717, 1.165) is 16.8 Å². The highest BCUT2D eigenvalue weighted by Crippen LogP contribution is 2.22. The van der Waals surface area contributed by atoms with Crippen LogP contribution in [0, 0.1) is 26.6 Å². The van der Waals surface area contributed by atoms with E-state index in [9.17, 15) is 9.18 Å². The molecule has 0 aliphatic carbocycles. The van der Waals surface area contributed by atoms with Gasteiger partial charge in [0.1, 0.15) is 11.5 Å². The number of carbonyl (C=O) groups is 1. The standard InChI is InChI=1S/C22H23FN4O/c1-14-7-6-8-15(2)20(14)27-22-25-16(3)13-19(26-22)21(28)24-12-11-17-9-4-5-10-18(17)23/h4-10,13H,11-12H2,1-3H3,(H,24,28)(H,25,26,27). The molecule has 3 aromatic rings. The first-order valence-electron chi connectivity index (χ1n) is 9.14. The van der Waals surface area contributed by atoms with Gasteiger partial charge in [-0.2, -0.15) is 0 Å². The predicted octanol–water partition coefficient (Wildman–Crippen LogP) is 4.26. The predicted molar refractivity (Wildman–Crippen MR) is 108 cm³/mol. The Bertz CT molecular complexity index is 983. The summed E-state index contributed by atoms with van der Waals surface area (Å²) in [5.74, 6) is -0.210. The van der Waals surface area contributed by atoms with E-state index < -0.39 is 0 Å². The van der Waals surface area contributed by atoms with Crippen LogP contribution in [0.25, 0.3) is 0 Å². The van der Waals surface area contributed by atoms with Gasteiger partial charge in [0, 0.05) is 17.9 Å². The van der Waals surface area contributed by atoms with Crippen LogP contribution >= 0.6 is 0 Å². The highest BCUT2D eigenvalue weighted by atomic mass is 19.1. The maximum Gasteiger partial charge on any atom is 0.270 e. The zero-order valence-electron chi connectivity index (χ0n) is 16.2. The smallest absolute Gasteiger partial charge is 0.270 e. The Morgan fingerprint density at radius 1 is 1.00 bits per heavy atom. The van der Waals surface area contributed by atoms with Crippen molar-refractivity contribution >= 4 is 17.5 Å². The quantitative estimate of drug-likeness (QED) is 0.673. The van der Waals surface area contributed by atoms with Crippen LogP contribution in [0.1, 0.15) is 32.9 Å². The molecule has 2 aromatic carbocycles. The minimum Gasteiger partial charge on any atom is -0.350 e. The Morgan fingerprint density at radius 2 is 1.71 bits per heavy atom. The number of hydrogen-bond donors (Lipinski definition) is 2. The molecule has 0 unspecified atom stereocenters. The van der Waals surface area contributed by atoms with Crippen molar-refractivity contribution < 1.29 is 9.18 Å². The molecule has 1 heterocycles. The summed E-state index contributed by atoms with van der Waals surface area (Å²) >= 11 is 0. The summed E-state index contributed by atoms with van der Waals surface area (Å²) in [4.78, 5) is 21.2. The molecule has 144 valence electrons. The average molecular weight is 378 g/mol. The van der Waals surface area contributed by atoms with Gasteiger partial charge in [-0.3, -0.25) is 4.79 Å². The van der Waals surface area contributed by atoms with Gasteiger partial charge < -0.3 is 10.6 Å². The summed E-state index contributed by atoms with van der Waals surface area (Å²) in [5.41, 5.74) is 4.60. The summed E-state index contributed by atoms with van der Waals surface area (Å²) in [6.07, 6.45) is 0.413. The van der Waals surface area contributed by atoms with Crippen molar-refractivity contribution in [3.8, 4) is 0 Å². The van der Waals surface area contributed by atoms with Gasteiger partial charge in [0.2, 0.25) is 5.95 Å². The van der Waals surface area contributed by atoms with Gasteiger partial charge in [-0.25, -0.2) is 14.4 Å². The Kier molecular flexibility index (Phi) is 5.99. The second-order valence-corrected chi connectivity index (χ2v) is 6.71. The molecule has 0 spiro atoms. The molecule has 0 saturated heterocycles. The summed E-state index contributed by atoms with van der Waals surface area (Å²) in [5, 5.41) is 6.01. The van der Waals surface area contributed by atoms with Gasteiger partial charge in [0.05, 0.1) is 0 Å². The number of hydrogen-bond acceptors (Lipinski definition) is 4. The topological polar surface area (TPSA) is 66.9 Å². The van der Waals surface area contributed by atoms with Gasteiger partial charge in [-0.15, -0.1) is 0 Å². The normalized spacial score (nSPS) is 10.6. The van der Waals surface area contributed by atoms with Gasteiger partial charge >= 0.3 is 0 Å². The van der Waals surface area contributed by atoms with E-state index in [1.165, 1.54) is 6.07 Å². The molecule has 5 nitrogen and oxygen atoms in total. The first-order valence-corrected chi connectivity index (χ1v) is 9.14. The van der Waals surface area contributed by atoms with Gasteiger partial charge in [0.15, 0.2) is 0 Å². The SMILES string of the molecule is Cc1cc(C(=O)NCCc2ccccc2F)nc(Nc2c(C)cccc2C)n1. The largest absolute Gasteiger partial charge is 0.350 e. The number of para-hydroxylation sites is 1. The average Bonchev–Trinajstić information content (AvgIpc) is 2.66. The Morgan fingerprint density at radius 3 is 2.43 bits per heavy atom. The third-order valence-electron chi connectivity index (χ3n) is 4.44. The van der Waals surface area contributed by atoms with Crippen LogP contribution in [-0.2, 0) is 6.42 Å². The van der Waals surface area contributed by atoms with Crippen LogP contribution in [0.3, 0.4) is 0 Å². The summed E-state index contributed by atoms with van der Waals surface area (Å²) < 4.78 is 13.7. The number of amides is 1. The first kappa shape index (κ1) is 19.5. The van der Waals surface area contributed by atoms with Crippen molar-refractivity contribution in [2.75, 3.05) is 11.9 Å². The molecule has 0 saturated carbocycles. The fraction of sp³-hybridized carbons (Fsp3) is 0.227. The minimum atomic E-state index is -0.314. The molecule has 28 heavy (non-hydrogen) atoms. The molecule has 3 rings (SSSR count). The number of carbonyl (C=O) groups excluding carboxylic acids is 1. The van der Waals surface area contributed by atoms with E-state index >= 15 is 0 Å². The molecule has 2 N–H and O–H groups in total. The molecule has 0 aliphatic rings. The van der Waals surface area contributed by atoms with E-state index in [0.29, 0.717) is 30.2 Å². The van der Waals surface area contributed by atoms with Crippen LogP contribution in [0.15, 0.2) is 48.5 Å². The third kappa shape index (κ3) is 4.71. The number of aryl methyl sites for hydroxylation is 3. The van der Waals surface area contributed by atoms with Crippen LogP contribution in [0.4, 0.5) is 16.0 Å². The van der Waals surface area contributed by atoms with Crippen LogP contribution < -0.4 is 10.6 Å². The maximum absolute atomic E-state index is 13.7. The van der Waals surface area contributed by atoms with Crippen molar-refractivity contribution in [3.63, 3.8) is 0 Å². The van der Waals surface area contributed by atoms with E-state index in [-0.39, 0.29) is 17.4 Å². The monoisotopic (exact) mass is 378 g/mol. The molecule has 1 amide bonds. The van der Waals surface area contributed by atoms with Crippen LogP contribution in [0.5, 0.6) is 0 Å². The second-order valence-electron chi connectivity index (χ2n) is 6.71. The first-order chi connectivity index (χ1) is 13.4. The number of rotatable bonds is 6. The Balaban J connectivity index is 1.70. The lowest BCUT2D eigenvalue weighted by Gasteiger charge is -2.13. The van der Waals surface area contributed by atoms with Crippen LogP contribution in [-0.4, -0.2) is 22.4 Å². The molecule has 0 fully saturated rings. The maximum atomic E-state index is 13.7. The minimum absolute atomic E-state index is 0.269. The number of halogens is 1. The molecular formula is C22H23FN4O. The van der Waals surface area contributed by atoms with Crippen molar-refractivity contribution in [1.82, 2.24) is 15.3 Å². The molecular weight excluding hydrogens is 355 g/mol. The van der Waals surface area contributed by atoms with E-state index in [4.69, 9.17) is 0 Å². The summed E-state index contributed by atoms with van der Waals surface area (Å²) in [7, 11) is 0. The number of aromatic nitrogens is 2. The zero-order valence-corrected chi connectivity index (χ0v) is 16.2. The summed E-state index contributed by atoms with van der Waals surface area (Å²) in [6.45, 7) is 6.14. The molecule has 0 atom stereocenters. The van der Waals surface area contributed by atoms with Crippen molar-refractivity contribution in [3.05, 3.63) is 82.4 Å². The van der Waals surface area contributed by atoms with E-state index in [2.05, 4.69) is 20.6 Å². The number of anilines is 2. The lowest BCUT2D eigenvalue weighted by molar-refractivity contribution is 0.0949. The summed E-state index contributed by atoms with van der Waals surface area (Å²) in [6, 6.07) is 14.2. The molecule has 0 aliphatic heterocycles. The van der Waals surface area contributed by atoms with Crippen molar-refractivity contribution in [1.29, 1.82) is 0 Å². The fourth-order valence-electron chi connectivity index (χ4n) is 2.97. The van der Waals surface area contributed by atoms with Crippen LogP contribution in [0.2, 0.25) is 0 Å². The van der Waals surface area contributed by atoms with Gasteiger partial charge in [-0.1, -0.05) is 36.4 Å².